The number of carbonyl (C=O) groups excluding carboxylic acids is 1. The van der Waals surface area contributed by atoms with Crippen LogP contribution < -0.4 is 21.3 Å². The van der Waals surface area contributed by atoms with Gasteiger partial charge >= 0.3 is 0 Å². The Hall–Kier alpha value is -2.89. The van der Waals surface area contributed by atoms with Gasteiger partial charge in [-0.3, -0.25) is 4.79 Å². The molecule has 4 N–H and O–H groups in total. The lowest BCUT2D eigenvalue weighted by atomic mass is 9.62. The molecule has 41 heavy (non-hydrogen) atoms. The zero-order valence-corrected chi connectivity index (χ0v) is 25.1. The van der Waals surface area contributed by atoms with Gasteiger partial charge in [-0.1, -0.05) is 36.7 Å². The summed E-state index contributed by atoms with van der Waals surface area (Å²) in [5, 5.41) is 23.9. The van der Waals surface area contributed by atoms with Crippen LogP contribution in [0.3, 0.4) is 0 Å². The van der Waals surface area contributed by atoms with E-state index in [0.29, 0.717) is 58.6 Å². The Kier molecular flexibility index (Phi) is 10.00. The Morgan fingerprint density at radius 1 is 1.05 bits per heavy atom. The number of nitriles is 1. The summed E-state index contributed by atoms with van der Waals surface area (Å²) < 4.78 is 0. The van der Waals surface area contributed by atoms with E-state index in [1.807, 2.05) is 24.3 Å². The molecule has 1 aromatic heterocycles. The van der Waals surface area contributed by atoms with Gasteiger partial charge in [-0.2, -0.15) is 10.2 Å². The predicted molar refractivity (Wildman–Crippen MR) is 163 cm³/mol. The van der Waals surface area contributed by atoms with Crippen LogP contribution >= 0.6 is 11.6 Å². The van der Waals surface area contributed by atoms with Gasteiger partial charge in [0.1, 0.15) is 17.5 Å². The number of hydrogen-bond donors (Lipinski definition) is 4. The first-order chi connectivity index (χ1) is 19.9. The van der Waals surface area contributed by atoms with E-state index in [1.165, 1.54) is 25.7 Å². The zero-order chi connectivity index (χ0) is 28.8. The number of amides is 1. The fourth-order valence-electron chi connectivity index (χ4n) is 7.65. The van der Waals surface area contributed by atoms with Crippen LogP contribution in [0.4, 0.5) is 11.8 Å². The van der Waals surface area contributed by atoms with Crippen molar-refractivity contribution in [2.24, 2.45) is 35.5 Å². The summed E-state index contributed by atoms with van der Waals surface area (Å²) in [5.74, 6) is 4.84. The van der Waals surface area contributed by atoms with E-state index in [-0.39, 0.29) is 11.8 Å². The van der Waals surface area contributed by atoms with E-state index < -0.39 is 0 Å². The van der Waals surface area contributed by atoms with Gasteiger partial charge in [-0.25, -0.2) is 4.98 Å². The summed E-state index contributed by atoms with van der Waals surface area (Å²) in [6.45, 7) is 4.82. The van der Waals surface area contributed by atoms with Crippen LogP contribution in [0, 0.1) is 46.8 Å². The molecule has 8 nitrogen and oxygen atoms in total. The van der Waals surface area contributed by atoms with Crippen LogP contribution in [0.25, 0.3) is 0 Å². The molecule has 0 radical (unpaired) electrons. The number of aromatic nitrogens is 2. The van der Waals surface area contributed by atoms with E-state index in [0.717, 1.165) is 50.3 Å². The van der Waals surface area contributed by atoms with E-state index in [2.05, 4.69) is 44.2 Å². The van der Waals surface area contributed by atoms with Gasteiger partial charge in [-0.05, 0) is 99.1 Å². The average Bonchev–Trinajstić information content (AvgIpc) is 2.99. The minimum Gasteiger partial charge on any atom is -0.369 e. The highest BCUT2D eigenvalue weighted by molar-refractivity contribution is 6.31. The van der Waals surface area contributed by atoms with Crippen LogP contribution in [0.2, 0.25) is 5.02 Å². The fraction of sp³-hybridized carbons (Fsp3) is 0.625. The van der Waals surface area contributed by atoms with Crippen molar-refractivity contribution in [1.29, 1.82) is 5.26 Å². The number of anilines is 2. The van der Waals surface area contributed by atoms with Crippen LogP contribution in [-0.4, -0.2) is 42.1 Å². The van der Waals surface area contributed by atoms with Crippen molar-refractivity contribution >= 4 is 29.3 Å². The average molecular weight is 578 g/mol. The third-order valence-corrected chi connectivity index (χ3v) is 10.1. The number of benzene rings is 1. The zero-order valence-electron chi connectivity index (χ0n) is 24.3. The quantitative estimate of drug-likeness (QED) is 0.290. The van der Waals surface area contributed by atoms with Gasteiger partial charge in [0, 0.05) is 37.1 Å². The maximum atomic E-state index is 12.0. The number of hydrogen-bond acceptors (Lipinski definition) is 7. The SMILES string of the molecule is CNC(=O)[C@H]1CC[C@@H](CN[C@@H]2[C@@H]3CC(C[C@@H](CNc4nc(NCc5ccccc5Cl)ncc4C#N)C3)C[C@H]2C)CC1. The lowest BCUT2D eigenvalue weighted by molar-refractivity contribution is -0.125. The monoisotopic (exact) mass is 577 g/mol. The molecule has 3 aliphatic carbocycles. The second-order valence-electron chi connectivity index (χ2n) is 12.6. The Balaban J connectivity index is 1.14. The highest BCUT2D eigenvalue weighted by atomic mass is 35.5. The third-order valence-electron chi connectivity index (χ3n) is 9.73. The molecule has 5 rings (SSSR count). The minimum atomic E-state index is 0.197. The van der Waals surface area contributed by atoms with Gasteiger partial charge in [0.05, 0.1) is 6.20 Å². The second kappa shape index (κ2) is 13.8. The van der Waals surface area contributed by atoms with Crippen LogP contribution in [-0.2, 0) is 11.3 Å². The summed E-state index contributed by atoms with van der Waals surface area (Å²) >= 11 is 6.29. The maximum Gasteiger partial charge on any atom is 0.224 e. The van der Waals surface area contributed by atoms with Crippen molar-refractivity contribution in [3.63, 3.8) is 0 Å². The lowest BCUT2D eigenvalue weighted by Crippen LogP contribution is -2.50. The van der Waals surface area contributed by atoms with Crippen molar-refractivity contribution < 1.29 is 4.79 Å². The van der Waals surface area contributed by atoms with Gasteiger partial charge in [0.2, 0.25) is 11.9 Å². The molecule has 2 aromatic rings. The molecule has 0 aliphatic heterocycles. The molecule has 0 saturated heterocycles. The number of rotatable bonds is 10. The molecule has 2 bridgehead atoms. The highest BCUT2D eigenvalue weighted by Crippen LogP contribution is 2.45. The largest absolute Gasteiger partial charge is 0.369 e. The summed E-state index contributed by atoms with van der Waals surface area (Å²) in [4.78, 5) is 21.0. The molecule has 3 aliphatic rings. The number of carbonyl (C=O) groups is 1. The molecular formula is C32H44ClN7O. The molecule has 1 heterocycles. The Labute approximate surface area is 249 Å². The topological polar surface area (TPSA) is 115 Å². The molecule has 1 aromatic carbocycles. The van der Waals surface area contributed by atoms with Gasteiger partial charge in [0.25, 0.3) is 0 Å². The van der Waals surface area contributed by atoms with Crippen molar-refractivity contribution in [3.8, 4) is 6.07 Å². The van der Waals surface area contributed by atoms with Crippen molar-refractivity contribution in [2.45, 2.75) is 70.9 Å². The molecule has 220 valence electrons. The number of halogens is 1. The number of fused-ring (bicyclic) bond motifs is 2. The van der Waals surface area contributed by atoms with Gasteiger partial charge in [-0.15, -0.1) is 0 Å². The summed E-state index contributed by atoms with van der Waals surface area (Å²) in [7, 11) is 1.75. The molecule has 1 unspecified atom stereocenters. The number of nitrogens with zero attached hydrogens (tertiary/aromatic N) is 3. The second-order valence-corrected chi connectivity index (χ2v) is 13.0. The van der Waals surface area contributed by atoms with E-state index in [9.17, 15) is 10.1 Å². The molecule has 9 heteroatoms. The Morgan fingerprint density at radius 3 is 2.61 bits per heavy atom. The van der Waals surface area contributed by atoms with Gasteiger partial charge < -0.3 is 21.3 Å². The van der Waals surface area contributed by atoms with Crippen molar-refractivity contribution in [2.75, 3.05) is 30.8 Å². The molecular weight excluding hydrogens is 534 g/mol. The maximum absolute atomic E-state index is 12.0. The van der Waals surface area contributed by atoms with Gasteiger partial charge in [0.15, 0.2) is 0 Å². The van der Waals surface area contributed by atoms with E-state index in [1.54, 1.807) is 13.2 Å². The standard InChI is InChI=1S/C32H44ClN7O/c1-20-11-22-12-23(14-26(13-22)29(20)36-16-21-7-9-24(10-8-21)31(41)35-2)17-37-30-27(15-34)19-39-32(40-30)38-18-25-5-3-4-6-28(25)33/h3-6,19-24,26,29,36H,7-14,16-18H2,1-2H3,(H,35,41)(H2,37,38,39,40)/t20-,21-,22?,23-,24+,26-,29+/m1/s1. The lowest BCUT2D eigenvalue weighted by Gasteiger charge is -2.48. The van der Waals surface area contributed by atoms with Crippen LogP contribution in [0.5, 0.6) is 0 Å². The first-order valence-corrected chi connectivity index (χ1v) is 15.7. The van der Waals surface area contributed by atoms with Crippen LogP contribution in [0.15, 0.2) is 30.5 Å². The highest BCUT2D eigenvalue weighted by Gasteiger charge is 2.41. The van der Waals surface area contributed by atoms with Crippen molar-refractivity contribution in [1.82, 2.24) is 20.6 Å². The molecule has 5 atom stereocenters. The first kappa shape index (κ1) is 29.6. The first-order valence-electron chi connectivity index (χ1n) is 15.4. The summed E-state index contributed by atoms with van der Waals surface area (Å²) in [5.41, 5.74) is 1.43. The third kappa shape index (κ3) is 7.50. The normalized spacial score (nSPS) is 29.3. The Bertz CT molecular complexity index is 1220. The number of nitrogens with one attached hydrogen (secondary N) is 4. The summed E-state index contributed by atoms with van der Waals surface area (Å²) in [6.07, 6.45) is 10.9. The predicted octanol–water partition coefficient (Wildman–Crippen LogP) is 5.61. The Morgan fingerprint density at radius 2 is 1.85 bits per heavy atom. The molecule has 1 amide bonds. The summed E-state index contributed by atoms with van der Waals surface area (Å²) in [6, 6.07) is 10.5. The molecule has 3 fully saturated rings. The minimum absolute atomic E-state index is 0.197. The fourth-order valence-corrected chi connectivity index (χ4v) is 7.85. The van der Waals surface area contributed by atoms with Crippen LogP contribution in [0.1, 0.15) is 69.4 Å². The van der Waals surface area contributed by atoms with E-state index >= 15 is 0 Å². The van der Waals surface area contributed by atoms with Crippen molar-refractivity contribution in [3.05, 3.63) is 46.6 Å². The molecule has 0 spiro atoms. The smallest absolute Gasteiger partial charge is 0.224 e. The molecule has 3 saturated carbocycles. The van der Waals surface area contributed by atoms with E-state index in [4.69, 9.17) is 11.6 Å².